The van der Waals surface area contributed by atoms with Gasteiger partial charge in [-0.15, -0.1) is 0 Å². The Labute approximate surface area is 118 Å². The average molecular weight is 272 g/mol. The summed E-state index contributed by atoms with van der Waals surface area (Å²) in [7, 11) is 0. The fraction of sp³-hybridized carbons (Fsp3) is 1.00. The van der Waals surface area contributed by atoms with Crippen LogP contribution in [-0.4, -0.2) is 75.5 Å². The highest BCUT2D eigenvalue weighted by Gasteiger charge is 2.04. The zero-order chi connectivity index (χ0) is 13.6. The summed E-state index contributed by atoms with van der Waals surface area (Å²) >= 11 is 0. The van der Waals surface area contributed by atoms with E-state index in [0.29, 0.717) is 6.61 Å². The maximum Gasteiger partial charge on any atom is 0.0443 e. The third-order valence-electron chi connectivity index (χ3n) is 3.47. The molecule has 0 saturated carbocycles. The summed E-state index contributed by atoms with van der Waals surface area (Å²) in [6.45, 7) is 10.2. The minimum atomic E-state index is 0.304. The monoisotopic (exact) mass is 272 g/mol. The molecule has 0 aromatic carbocycles. The lowest BCUT2D eigenvalue weighted by Crippen LogP contribution is -2.32. The van der Waals surface area contributed by atoms with Crippen molar-refractivity contribution in [2.75, 3.05) is 65.5 Å². The largest absolute Gasteiger partial charge is 0.396 e. The van der Waals surface area contributed by atoms with E-state index in [1.807, 2.05) is 0 Å². The molecule has 114 valence electrons. The van der Waals surface area contributed by atoms with Crippen LogP contribution in [0.2, 0.25) is 0 Å². The Bertz CT molecular complexity index is 176. The van der Waals surface area contributed by atoms with Crippen LogP contribution in [0.3, 0.4) is 0 Å². The molecule has 5 nitrogen and oxygen atoms in total. The lowest BCUT2D eigenvalue weighted by Gasteiger charge is -2.22. The van der Waals surface area contributed by atoms with Crippen LogP contribution in [0, 0.1) is 0 Å². The number of rotatable bonds is 3. The quantitative estimate of drug-likeness (QED) is 0.564. The molecule has 19 heavy (non-hydrogen) atoms. The molecule has 0 bridgehead atoms. The summed E-state index contributed by atoms with van der Waals surface area (Å²) in [6, 6.07) is 0. The normalized spacial score (nSPS) is 22.6. The molecule has 0 amide bonds. The van der Waals surface area contributed by atoms with Crippen LogP contribution >= 0.6 is 0 Å². The molecule has 1 fully saturated rings. The van der Waals surface area contributed by atoms with Crippen molar-refractivity contribution in [3.8, 4) is 0 Å². The van der Waals surface area contributed by atoms with Crippen LogP contribution < -0.4 is 16.0 Å². The van der Waals surface area contributed by atoms with Gasteiger partial charge in [-0.2, -0.15) is 0 Å². The van der Waals surface area contributed by atoms with Crippen LogP contribution in [0.1, 0.15) is 25.7 Å². The van der Waals surface area contributed by atoms with Crippen LogP contribution in [0.25, 0.3) is 0 Å². The van der Waals surface area contributed by atoms with Crippen LogP contribution in [0.5, 0.6) is 0 Å². The number of aliphatic hydroxyl groups is 1. The van der Waals surface area contributed by atoms with Crippen LogP contribution in [-0.2, 0) is 0 Å². The number of nitrogens with zero attached hydrogens (tertiary/aromatic N) is 1. The molecule has 5 heteroatoms. The molecule has 1 aliphatic rings. The zero-order valence-corrected chi connectivity index (χ0v) is 12.3. The summed E-state index contributed by atoms with van der Waals surface area (Å²) in [5.74, 6) is 0. The second kappa shape index (κ2) is 12.8. The Kier molecular flexibility index (Phi) is 11.4. The maximum absolute atomic E-state index is 8.95. The van der Waals surface area contributed by atoms with Crippen molar-refractivity contribution in [1.29, 1.82) is 0 Å². The highest BCUT2D eigenvalue weighted by atomic mass is 16.3. The maximum atomic E-state index is 8.95. The molecule has 1 heterocycles. The molecular weight excluding hydrogens is 240 g/mol. The summed E-state index contributed by atoms with van der Waals surface area (Å²) in [5.41, 5.74) is 0. The Morgan fingerprint density at radius 1 is 0.737 bits per heavy atom. The Hall–Kier alpha value is -0.200. The Morgan fingerprint density at radius 2 is 1.26 bits per heavy atom. The standard InChI is InChI=1S/C14H32N4O/c19-14-4-13-18-11-2-7-15-5-1-6-16-9-10-17-8-3-12-18/h15-17,19H,1-14H2. The first-order chi connectivity index (χ1) is 9.43. The summed E-state index contributed by atoms with van der Waals surface area (Å²) < 4.78 is 0. The number of hydrogen-bond acceptors (Lipinski definition) is 5. The minimum Gasteiger partial charge on any atom is -0.396 e. The van der Waals surface area contributed by atoms with Gasteiger partial charge in [0.25, 0.3) is 0 Å². The lowest BCUT2D eigenvalue weighted by molar-refractivity contribution is 0.220. The molecule has 4 N–H and O–H groups in total. The Balaban J connectivity index is 2.21. The van der Waals surface area contributed by atoms with Crippen molar-refractivity contribution in [3.63, 3.8) is 0 Å². The van der Waals surface area contributed by atoms with Gasteiger partial charge >= 0.3 is 0 Å². The van der Waals surface area contributed by atoms with E-state index in [1.54, 1.807) is 0 Å². The molecule has 0 aromatic heterocycles. The Morgan fingerprint density at radius 3 is 1.84 bits per heavy atom. The van der Waals surface area contributed by atoms with Crippen LogP contribution in [0.15, 0.2) is 0 Å². The average Bonchev–Trinajstić information content (AvgIpc) is 2.44. The molecule has 0 spiro atoms. The molecule has 1 rings (SSSR count). The molecule has 1 aliphatic heterocycles. The second-order valence-corrected chi connectivity index (χ2v) is 5.23. The number of nitrogens with one attached hydrogen (secondary N) is 3. The van der Waals surface area contributed by atoms with Crippen molar-refractivity contribution in [1.82, 2.24) is 20.9 Å². The van der Waals surface area contributed by atoms with Crippen LogP contribution in [0.4, 0.5) is 0 Å². The molecule has 1 saturated heterocycles. The van der Waals surface area contributed by atoms with E-state index in [2.05, 4.69) is 20.9 Å². The van der Waals surface area contributed by atoms with Gasteiger partial charge in [0.1, 0.15) is 0 Å². The van der Waals surface area contributed by atoms with Crippen molar-refractivity contribution >= 4 is 0 Å². The summed E-state index contributed by atoms with van der Waals surface area (Å²) in [5, 5.41) is 19.4. The zero-order valence-electron chi connectivity index (χ0n) is 12.3. The molecule has 0 aromatic rings. The van der Waals surface area contributed by atoms with Gasteiger partial charge in [-0.1, -0.05) is 0 Å². The van der Waals surface area contributed by atoms with Gasteiger partial charge in [-0.05, 0) is 65.0 Å². The highest BCUT2D eigenvalue weighted by Crippen LogP contribution is 1.96. The first-order valence-corrected chi connectivity index (χ1v) is 7.89. The lowest BCUT2D eigenvalue weighted by atomic mass is 10.3. The number of hydrogen-bond donors (Lipinski definition) is 4. The molecule has 0 atom stereocenters. The van der Waals surface area contributed by atoms with E-state index in [1.165, 1.54) is 19.3 Å². The summed E-state index contributed by atoms with van der Waals surface area (Å²) in [4.78, 5) is 2.48. The number of aliphatic hydroxyl groups excluding tert-OH is 1. The SMILES string of the molecule is OCCCN1CCCNCCCNCCNCCC1. The van der Waals surface area contributed by atoms with Crippen molar-refractivity contribution in [3.05, 3.63) is 0 Å². The van der Waals surface area contributed by atoms with Gasteiger partial charge in [0.05, 0.1) is 0 Å². The van der Waals surface area contributed by atoms with Gasteiger partial charge in [-0.25, -0.2) is 0 Å². The van der Waals surface area contributed by atoms with Gasteiger partial charge in [-0.3, -0.25) is 0 Å². The third kappa shape index (κ3) is 10.3. The minimum absolute atomic E-state index is 0.304. The fourth-order valence-corrected chi connectivity index (χ4v) is 2.38. The van der Waals surface area contributed by atoms with Crippen molar-refractivity contribution in [2.24, 2.45) is 0 Å². The predicted molar refractivity (Wildman–Crippen MR) is 80.6 cm³/mol. The van der Waals surface area contributed by atoms with Gasteiger partial charge in [0.15, 0.2) is 0 Å². The van der Waals surface area contributed by atoms with Crippen molar-refractivity contribution < 1.29 is 5.11 Å². The van der Waals surface area contributed by atoms with Gasteiger partial charge in [0.2, 0.25) is 0 Å². The van der Waals surface area contributed by atoms with Crippen molar-refractivity contribution in [2.45, 2.75) is 25.7 Å². The van der Waals surface area contributed by atoms with Gasteiger partial charge in [0, 0.05) is 26.2 Å². The van der Waals surface area contributed by atoms with E-state index in [4.69, 9.17) is 5.11 Å². The highest BCUT2D eigenvalue weighted by molar-refractivity contribution is 4.62. The third-order valence-corrected chi connectivity index (χ3v) is 3.47. The first kappa shape index (κ1) is 16.9. The van der Waals surface area contributed by atoms with Gasteiger partial charge < -0.3 is 26.0 Å². The molecule has 0 radical (unpaired) electrons. The van der Waals surface area contributed by atoms with E-state index in [9.17, 15) is 0 Å². The van der Waals surface area contributed by atoms with E-state index in [-0.39, 0.29) is 0 Å². The second-order valence-electron chi connectivity index (χ2n) is 5.23. The summed E-state index contributed by atoms with van der Waals surface area (Å²) in [6.07, 6.45) is 4.49. The molecule has 0 unspecified atom stereocenters. The van der Waals surface area contributed by atoms with E-state index in [0.717, 1.165) is 65.3 Å². The molecular formula is C14H32N4O. The first-order valence-electron chi connectivity index (χ1n) is 7.89. The van der Waals surface area contributed by atoms with E-state index >= 15 is 0 Å². The van der Waals surface area contributed by atoms with E-state index < -0.39 is 0 Å². The topological polar surface area (TPSA) is 59.6 Å². The fourth-order valence-electron chi connectivity index (χ4n) is 2.38. The predicted octanol–water partition coefficient (Wildman–Crippen LogP) is -0.376. The molecule has 0 aliphatic carbocycles. The smallest absolute Gasteiger partial charge is 0.0443 e.